The van der Waals surface area contributed by atoms with Crippen molar-refractivity contribution in [2.45, 2.75) is 58.5 Å². The molecule has 3 heterocycles. The second-order valence-electron chi connectivity index (χ2n) is 10.0. The van der Waals surface area contributed by atoms with Gasteiger partial charge >= 0.3 is 0 Å². The summed E-state index contributed by atoms with van der Waals surface area (Å²) < 4.78 is 0. The number of nitrogens with one attached hydrogen (secondary N) is 1. The highest BCUT2D eigenvalue weighted by atomic mass is 16.1. The van der Waals surface area contributed by atoms with Crippen molar-refractivity contribution in [1.29, 1.82) is 0 Å². The van der Waals surface area contributed by atoms with Gasteiger partial charge in [-0.05, 0) is 48.9 Å². The van der Waals surface area contributed by atoms with Crippen LogP contribution in [0.3, 0.4) is 0 Å². The average molecular weight is 443 g/mol. The molecule has 1 N–H and O–H groups in total. The van der Waals surface area contributed by atoms with E-state index in [-0.39, 0.29) is 17.4 Å². The first-order chi connectivity index (χ1) is 15.7. The summed E-state index contributed by atoms with van der Waals surface area (Å²) in [5.41, 5.74) is 5.26. The zero-order valence-corrected chi connectivity index (χ0v) is 19.9. The van der Waals surface area contributed by atoms with Crippen LogP contribution in [0, 0.1) is 12.3 Å². The summed E-state index contributed by atoms with van der Waals surface area (Å²) in [6, 6.07) is 10.3. The van der Waals surface area contributed by atoms with Crippen molar-refractivity contribution >= 4 is 17.4 Å². The van der Waals surface area contributed by atoms with Gasteiger partial charge in [-0.25, -0.2) is 9.97 Å². The quantitative estimate of drug-likeness (QED) is 0.710. The van der Waals surface area contributed by atoms with Crippen molar-refractivity contribution in [3.63, 3.8) is 0 Å². The number of carbonyl (C=O) groups excluding carboxylic acids is 1. The van der Waals surface area contributed by atoms with Crippen molar-refractivity contribution in [1.82, 2.24) is 15.3 Å². The second kappa shape index (κ2) is 7.61. The molecule has 2 aromatic rings. The molecule has 7 nitrogen and oxygen atoms in total. The maximum absolute atomic E-state index is 13.6. The molecule has 0 bridgehead atoms. The van der Waals surface area contributed by atoms with Gasteiger partial charge in [0.25, 0.3) is 0 Å². The maximum Gasteiger partial charge on any atom is 0.229 e. The zero-order chi connectivity index (χ0) is 23.4. The van der Waals surface area contributed by atoms with E-state index in [1.165, 1.54) is 0 Å². The molecule has 1 aromatic heterocycles. The molecular formula is C26H30N6O. The molecule has 2 atom stereocenters. The number of allylic oxidation sites excluding steroid dienone is 2. The molecule has 0 fully saturated rings. The molecule has 0 saturated carbocycles. The molecule has 0 amide bonds. The SMILES string of the molecule is CC[C@]1(c2cccc(N(C)c3nccc(C)n3)c2)C2=CN=NC2NC2=C1C(=O)CC(C)(C)C2. The lowest BCUT2D eigenvalue weighted by atomic mass is 9.59. The van der Waals surface area contributed by atoms with Crippen LogP contribution in [0.15, 0.2) is 69.8 Å². The molecule has 0 radical (unpaired) electrons. The van der Waals surface area contributed by atoms with Crippen LogP contribution >= 0.6 is 0 Å². The fraction of sp³-hybridized carbons (Fsp3) is 0.423. The Kier molecular flexibility index (Phi) is 4.96. The number of carbonyl (C=O) groups is 1. The number of rotatable bonds is 4. The predicted octanol–water partition coefficient (Wildman–Crippen LogP) is 5.12. The number of anilines is 2. The number of Topliss-reactive ketones (excluding diaryl/α,β-unsaturated/α-hetero) is 1. The van der Waals surface area contributed by atoms with E-state index in [1.54, 1.807) is 6.20 Å². The third-order valence-corrected chi connectivity index (χ3v) is 7.12. The summed E-state index contributed by atoms with van der Waals surface area (Å²) in [5.74, 6) is 0.851. The Labute approximate surface area is 194 Å². The van der Waals surface area contributed by atoms with Gasteiger partial charge in [-0.2, -0.15) is 10.2 Å². The first-order valence-electron chi connectivity index (χ1n) is 11.5. The van der Waals surface area contributed by atoms with Gasteiger partial charge in [-0.3, -0.25) is 4.79 Å². The highest BCUT2D eigenvalue weighted by Gasteiger charge is 2.53. The number of fused-ring (bicyclic) bond motifs is 1. The number of ketones is 1. The molecule has 33 heavy (non-hydrogen) atoms. The highest BCUT2D eigenvalue weighted by molar-refractivity contribution is 6.01. The van der Waals surface area contributed by atoms with Gasteiger partial charge in [-0.15, -0.1) is 0 Å². The number of nitrogens with zero attached hydrogens (tertiary/aromatic N) is 5. The molecule has 3 aliphatic rings. The molecule has 1 unspecified atom stereocenters. The Hall–Kier alpha value is -3.35. The number of hydrogen-bond acceptors (Lipinski definition) is 7. The first kappa shape index (κ1) is 21.5. The van der Waals surface area contributed by atoms with Gasteiger partial charge in [0.15, 0.2) is 11.9 Å². The van der Waals surface area contributed by atoms with Crippen molar-refractivity contribution in [2.75, 3.05) is 11.9 Å². The lowest BCUT2D eigenvalue weighted by molar-refractivity contribution is -0.119. The van der Waals surface area contributed by atoms with E-state index in [4.69, 9.17) is 0 Å². The number of azo groups is 1. The van der Waals surface area contributed by atoms with Crippen LogP contribution in [0.5, 0.6) is 0 Å². The lowest BCUT2D eigenvalue weighted by Crippen LogP contribution is -2.51. The predicted molar refractivity (Wildman–Crippen MR) is 128 cm³/mol. The minimum atomic E-state index is -0.563. The standard InChI is InChI=1S/C26H30N6O/c1-6-26(17-8-7-9-18(12-17)32(5)24-27-11-10-16(2)29-24)19-15-28-31-23(19)30-20-13-25(3,4)14-21(33)22(20)26/h7-12,15,23,30H,6,13-14H2,1-5H3/t23?,26-/m0/s1. The average Bonchev–Trinajstić information content (AvgIpc) is 3.25. The Balaban J connectivity index is 1.67. The van der Waals surface area contributed by atoms with Crippen LogP contribution in [0.1, 0.15) is 51.3 Å². The van der Waals surface area contributed by atoms with Gasteiger partial charge in [0.2, 0.25) is 5.95 Å². The topological polar surface area (TPSA) is 82.8 Å². The monoisotopic (exact) mass is 442 g/mol. The third-order valence-electron chi connectivity index (χ3n) is 7.12. The van der Waals surface area contributed by atoms with Gasteiger partial charge in [-0.1, -0.05) is 32.9 Å². The third kappa shape index (κ3) is 3.37. The summed E-state index contributed by atoms with van der Waals surface area (Å²) >= 11 is 0. The summed E-state index contributed by atoms with van der Waals surface area (Å²) in [6.07, 6.45) is 5.50. The first-order valence-corrected chi connectivity index (χ1v) is 11.5. The largest absolute Gasteiger partial charge is 0.362 e. The van der Waals surface area contributed by atoms with Crippen LogP contribution in [-0.4, -0.2) is 29.0 Å². The number of benzene rings is 1. The van der Waals surface area contributed by atoms with Gasteiger partial charge < -0.3 is 10.2 Å². The van der Waals surface area contributed by atoms with E-state index in [1.807, 2.05) is 37.2 Å². The van der Waals surface area contributed by atoms with E-state index in [2.05, 4.69) is 64.5 Å². The summed E-state index contributed by atoms with van der Waals surface area (Å²) in [6.45, 7) is 8.42. The minimum absolute atomic E-state index is 0.0794. The van der Waals surface area contributed by atoms with Crippen LogP contribution in [-0.2, 0) is 10.2 Å². The van der Waals surface area contributed by atoms with Crippen LogP contribution < -0.4 is 10.2 Å². The lowest BCUT2D eigenvalue weighted by Gasteiger charge is -2.48. The Morgan fingerprint density at radius 1 is 1.21 bits per heavy atom. The summed E-state index contributed by atoms with van der Waals surface area (Å²) in [7, 11) is 1.97. The normalized spacial score (nSPS) is 25.3. The molecule has 0 saturated heterocycles. The van der Waals surface area contributed by atoms with Crippen LogP contribution in [0.4, 0.5) is 11.6 Å². The number of aromatic nitrogens is 2. The highest BCUT2D eigenvalue weighted by Crippen LogP contribution is 2.54. The summed E-state index contributed by atoms with van der Waals surface area (Å²) in [5, 5.41) is 12.2. The zero-order valence-electron chi connectivity index (χ0n) is 19.9. The van der Waals surface area contributed by atoms with E-state index in [9.17, 15) is 4.79 Å². The molecule has 2 aliphatic heterocycles. The van der Waals surface area contributed by atoms with Crippen molar-refractivity contribution in [3.05, 3.63) is 70.8 Å². The molecule has 170 valence electrons. The molecule has 5 rings (SSSR count). The fourth-order valence-electron chi connectivity index (χ4n) is 5.58. The van der Waals surface area contributed by atoms with E-state index in [0.29, 0.717) is 12.4 Å². The minimum Gasteiger partial charge on any atom is -0.362 e. The van der Waals surface area contributed by atoms with Crippen LogP contribution in [0.2, 0.25) is 0 Å². The van der Waals surface area contributed by atoms with Gasteiger partial charge in [0.05, 0.1) is 11.6 Å². The van der Waals surface area contributed by atoms with Crippen molar-refractivity contribution in [3.8, 4) is 0 Å². The molecular weight excluding hydrogens is 412 g/mol. The molecule has 0 spiro atoms. The maximum atomic E-state index is 13.6. The molecule has 1 aliphatic carbocycles. The van der Waals surface area contributed by atoms with E-state index in [0.717, 1.165) is 46.6 Å². The molecule has 7 heteroatoms. The number of aryl methyl sites for hydroxylation is 1. The van der Waals surface area contributed by atoms with Crippen molar-refractivity contribution in [2.24, 2.45) is 15.6 Å². The van der Waals surface area contributed by atoms with Crippen molar-refractivity contribution < 1.29 is 4.79 Å². The van der Waals surface area contributed by atoms with E-state index >= 15 is 0 Å². The Bertz CT molecular complexity index is 1230. The van der Waals surface area contributed by atoms with Gasteiger partial charge in [0.1, 0.15) is 0 Å². The fourth-order valence-corrected chi connectivity index (χ4v) is 5.58. The number of hydrogen-bond donors (Lipinski definition) is 1. The van der Waals surface area contributed by atoms with Gasteiger partial charge in [0, 0.05) is 47.9 Å². The smallest absolute Gasteiger partial charge is 0.229 e. The van der Waals surface area contributed by atoms with E-state index < -0.39 is 5.41 Å². The molecule has 1 aromatic carbocycles. The Morgan fingerprint density at radius 3 is 2.79 bits per heavy atom. The van der Waals surface area contributed by atoms with Crippen LogP contribution in [0.25, 0.3) is 0 Å². The second-order valence-corrected chi connectivity index (χ2v) is 10.0. The summed E-state index contributed by atoms with van der Waals surface area (Å²) in [4.78, 5) is 24.6. The Morgan fingerprint density at radius 2 is 2.03 bits per heavy atom.